The lowest BCUT2D eigenvalue weighted by molar-refractivity contribution is 0.365. The van der Waals surface area contributed by atoms with Crippen LogP contribution in [0.1, 0.15) is 27.2 Å². The molecule has 19 heavy (non-hydrogen) atoms. The normalized spacial score (nSPS) is 12.2. The van der Waals surface area contributed by atoms with Crippen molar-refractivity contribution in [1.82, 2.24) is 9.88 Å². The molecule has 2 aromatic rings. The summed E-state index contributed by atoms with van der Waals surface area (Å²) in [5.74, 6) is 0. The molecule has 1 heterocycles. The van der Waals surface area contributed by atoms with Gasteiger partial charge in [-0.2, -0.15) is 0 Å². The lowest BCUT2D eigenvalue weighted by atomic mass is 9.92. The molecule has 0 radical (unpaired) electrons. The number of hydrogen-bond donors (Lipinski definition) is 1. The number of benzene rings is 1. The SMILES string of the molecule is CC(C)(C)CCNCCn1ccc2cc(Br)ccc21. The first kappa shape index (κ1) is 14.6. The first-order chi connectivity index (χ1) is 8.96. The van der Waals surface area contributed by atoms with Crippen LogP contribution in [0.25, 0.3) is 10.9 Å². The Bertz CT molecular complexity index is 537. The van der Waals surface area contributed by atoms with E-state index < -0.39 is 0 Å². The minimum atomic E-state index is 0.416. The quantitative estimate of drug-likeness (QED) is 0.806. The Balaban J connectivity index is 1.85. The summed E-state index contributed by atoms with van der Waals surface area (Å²) in [6, 6.07) is 8.62. The van der Waals surface area contributed by atoms with Crippen LogP contribution in [0.4, 0.5) is 0 Å². The summed E-state index contributed by atoms with van der Waals surface area (Å²) in [6.07, 6.45) is 3.38. The van der Waals surface area contributed by atoms with E-state index in [1.165, 1.54) is 17.3 Å². The van der Waals surface area contributed by atoms with Gasteiger partial charge in [0.05, 0.1) is 0 Å². The minimum absolute atomic E-state index is 0.416. The number of halogens is 1. The standard InChI is InChI=1S/C16H23BrN2/c1-16(2,3)7-8-18-9-11-19-10-6-13-12-14(17)4-5-15(13)19/h4-6,10,12,18H,7-9,11H2,1-3H3. The predicted molar refractivity (Wildman–Crippen MR) is 86.6 cm³/mol. The van der Waals surface area contributed by atoms with Crippen molar-refractivity contribution in [3.63, 3.8) is 0 Å². The number of nitrogens with zero attached hydrogens (tertiary/aromatic N) is 1. The first-order valence-electron chi connectivity index (χ1n) is 6.91. The van der Waals surface area contributed by atoms with Gasteiger partial charge < -0.3 is 9.88 Å². The van der Waals surface area contributed by atoms with Gasteiger partial charge in [0.25, 0.3) is 0 Å². The zero-order valence-electron chi connectivity index (χ0n) is 12.0. The molecule has 1 N–H and O–H groups in total. The van der Waals surface area contributed by atoms with Gasteiger partial charge in [-0.15, -0.1) is 0 Å². The van der Waals surface area contributed by atoms with Crippen molar-refractivity contribution >= 4 is 26.8 Å². The Morgan fingerprint density at radius 3 is 2.68 bits per heavy atom. The van der Waals surface area contributed by atoms with Gasteiger partial charge in [-0.25, -0.2) is 0 Å². The highest BCUT2D eigenvalue weighted by atomic mass is 79.9. The van der Waals surface area contributed by atoms with Crippen molar-refractivity contribution in [3.05, 3.63) is 34.9 Å². The van der Waals surface area contributed by atoms with Crippen molar-refractivity contribution in [3.8, 4) is 0 Å². The van der Waals surface area contributed by atoms with E-state index in [0.717, 1.165) is 24.1 Å². The summed E-state index contributed by atoms with van der Waals surface area (Å²) >= 11 is 3.51. The number of fused-ring (bicyclic) bond motifs is 1. The molecular weight excluding hydrogens is 300 g/mol. The molecule has 2 rings (SSSR count). The second kappa shape index (κ2) is 6.10. The van der Waals surface area contributed by atoms with E-state index in [1.54, 1.807) is 0 Å². The fraction of sp³-hybridized carbons (Fsp3) is 0.500. The van der Waals surface area contributed by atoms with Crippen LogP contribution in [0.15, 0.2) is 34.9 Å². The van der Waals surface area contributed by atoms with Gasteiger partial charge in [0.15, 0.2) is 0 Å². The third kappa shape index (κ3) is 4.36. The molecule has 0 aliphatic carbocycles. The van der Waals surface area contributed by atoms with Gasteiger partial charge in [-0.3, -0.25) is 0 Å². The van der Waals surface area contributed by atoms with Gasteiger partial charge >= 0.3 is 0 Å². The summed E-state index contributed by atoms with van der Waals surface area (Å²) in [5.41, 5.74) is 1.72. The topological polar surface area (TPSA) is 17.0 Å². The Labute approximate surface area is 124 Å². The van der Waals surface area contributed by atoms with Gasteiger partial charge in [0.1, 0.15) is 0 Å². The van der Waals surface area contributed by atoms with Crippen LogP contribution in [0.3, 0.4) is 0 Å². The van der Waals surface area contributed by atoms with Crippen LogP contribution < -0.4 is 5.32 Å². The number of rotatable bonds is 5. The molecule has 3 heteroatoms. The second-order valence-electron chi connectivity index (χ2n) is 6.27. The summed E-state index contributed by atoms with van der Waals surface area (Å²) in [6.45, 7) is 9.99. The maximum Gasteiger partial charge on any atom is 0.0481 e. The Morgan fingerprint density at radius 2 is 1.95 bits per heavy atom. The summed E-state index contributed by atoms with van der Waals surface area (Å²) < 4.78 is 3.45. The molecule has 0 bridgehead atoms. The minimum Gasteiger partial charge on any atom is -0.346 e. The molecule has 1 aromatic heterocycles. The van der Waals surface area contributed by atoms with Crippen LogP contribution in [0.2, 0.25) is 0 Å². The first-order valence-corrected chi connectivity index (χ1v) is 7.70. The average molecular weight is 323 g/mol. The smallest absolute Gasteiger partial charge is 0.0481 e. The monoisotopic (exact) mass is 322 g/mol. The molecule has 0 spiro atoms. The Kier molecular flexibility index (Phi) is 4.69. The van der Waals surface area contributed by atoms with Gasteiger partial charge in [0, 0.05) is 34.7 Å². The number of hydrogen-bond acceptors (Lipinski definition) is 1. The van der Waals surface area contributed by atoms with E-state index in [-0.39, 0.29) is 0 Å². The number of nitrogens with one attached hydrogen (secondary N) is 1. The van der Waals surface area contributed by atoms with Crippen LogP contribution >= 0.6 is 15.9 Å². The molecule has 0 saturated carbocycles. The zero-order chi connectivity index (χ0) is 13.9. The molecule has 104 valence electrons. The lowest BCUT2D eigenvalue weighted by Crippen LogP contribution is -2.24. The molecule has 0 amide bonds. The lowest BCUT2D eigenvalue weighted by Gasteiger charge is -2.18. The second-order valence-corrected chi connectivity index (χ2v) is 7.19. The summed E-state index contributed by atoms with van der Waals surface area (Å²) in [5, 5.41) is 4.82. The third-order valence-corrected chi connectivity index (χ3v) is 3.81. The van der Waals surface area contributed by atoms with Gasteiger partial charge in [0.2, 0.25) is 0 Å². The molecule has 0 unspecified atom stereocenters. The van der Waals surface area contributed by atoms with E-state index >= 15 is 0 Å². The highest BCUT2D eigenvalue weighted by molar-refractivity contribution is 9.10. The van der Waals surface area contributed by atoms with Crippen molar-refractivity contribution < 1.29 is 0 Å². The van der Waals surface area contributed by atoms with Crippen LogP contribution in [-0.4, -0.2) is 17.7 Å². The predicted octanol–water partition coefficient (Wildman–Crippen LogP) is 4.43. The molecule has 0 atom stereocenters. The highest BCUT2D eigenvalue weighted by Crippen LogP contribution is 2.20. The highest BCUT2D eigenvalue weighted by Gasteiger charge is 2.08. The zero-order valence-corrected chi connectivity index (χ0v) is 13.6. The third-order valence-electron chi connectivity index (χ3n) is 3.31. The Hall–Kier alpha value is -0.800. The van der Waals surface area contributed by atoms with Crippen LogP contribution in [-0.2, 0) is 6.54 Å². The summed E-state index contributed by atoms with van der Waals surface area (Å²) in [7, 11) is 0. The molecule has 0 aliphatic rings. The average Bonchev–Trinajstić information content (AvgIpc) is 2.69. The van der Waals surface area contributed by atoms with Gasteiger partial charge in [-0.05, 0) is 42.6 Å². The van der Waals surface area contributed by atoms with E-state index in [9.17, 15) is 0 Å². The molecule has 0 aliphatic heterocycles. The molecule has 1 aromatic carbocycles. The maximum atomic E-state index is 3.53. The van der Waals surface area contributed by atoms with Crippen molar-refractivity contribution in [1.29, 1.82) is 0 Å². The van der Waals surface area contributed by atoms with E-state index in [0.29, 0.717) is 5.41 Å². The van der Waals surface area contributed by atoms with Crippen LogP contribution in [0.5, 0.6) is 0 Å². The van der Waals surface area contributed by atoms with Crippen molar-refractivity contribution in [2.45, 2.75) is 33.7 Å². The maximum absolute atomic E-state index is 3.53. The summed E-state index contributed by atoms with van der Waals surface area (Å²) in [4.78, 5) is 0. The fourth-order valence-electron chi connectivity index (χ4n) is 2.15. The van der Waals surface area contributed by atoms with Crippen molar-refractivity contribution in [2.75, 3.05) is 13.1 Å². The number of aromatic nitrogens is 1. The molecule has 2 nitrogen and oxygen atoms in total. The largest absolute Gasteiger partial charge is 0.346 e. The fourth-order valence-corrected chi connectivity index (χ4v) is 2.53. The Morgan fingerprint density at radius 1 is 1.16 bits per heavy atom. The van der Waals surface area contributed by atoms with Gasteiger partial charge in [-0.1, -0.05) is 36.7 Å². The van der Waals surface area contributed by atoms with Crippen LogP contribution in [0, 0.1) is 5.41 Å². The van der Waals surface area contributed by atoms with E-state index in [2.05, 4.69) is 77.0 Å². The molecular formula is C16H23BrN2. The molecule has 0 fully saturated rings. The molecule has 0 saturated heterocycles. The van der Waals surface area contributed by atoms with Crippen molar-refractivity contribution in [2.24, 2.45) is 5.41 Å². The van der Waals surface area contributed by atoms with E-state index in [1.807, 2.05) is 0 Å². The van der Waals surface area contributed by atoms with E-state index in [4.69, 9.17) is 0 Å².